The third-order valence-corrected chi connectivity index (χ3v) is 4.00. The number of aliphatic hydroxyl groups is 1. The predicted molar refractivity (Wildman–Crippen MR) is 74.3 cm³/mol. The molecule has 0 aromatic heterocycles. The van der Waals surface area contributed by atoms with Gasteiger partial charge in [-0.2, -0.15) is 13.2 Å². The molecule has 2 aromatic rings. The van der Waals surface area contributed by atoms with Crippen LogP contribution in [-0.4, -0.2) is 5.11 Å². The van der Waals surface area contributed by atoms with E-state index in [-0.39, 0.29) is 5.56 Å². The summed E-state index contributed by atoms with van der Waals surface area (Å²) in [6, 6.07) is 7.45. The van der Waals surface area contributed by atoms with Crippen LogP contribution in [0.2, 0.25) is 0 Å². The predicted octanol–water partition coefficient (Wildman–Crippen LogP) is 5.00. The van der Waals surface area contributed by atoms with E-state index in [9.17, 15) is 22.7 Å². The van der Waals surface area contributed by atoms with Crippen LogP contribution in [0.5, 0.6) is 0 Å². The molecule has 0 heterocycles. The molecular weight excluding hydrogens is 352 g/mol. The molecule has 0 saturated carbocycles. The van der Waals surface area contributed by atoms with Gasteiger partial charge >= 0.3 is 6.18 Å². The van der Waals surface area contributed by atoms with Crippen molar-refractivity contribution in [3.8, 4) is 0 Å². The van der Waals surface area contributed by atoms with Crippen LogP contribution in [0, 0.1) is 12.7 Å². The van der Waals surface area contributed by atoms with Crippen molar-refractivity contribution in [1.29, 1.82) is 0 Å². The zero-order valence-corrected chi connectivity index (χ0v) is 12.5. The van der Waals surface area contributed by atoms with Gasteiger partial charge in [0.2, 0.25) is 0 Å². The van der Waals surface area contributed by atoms with Gasteiger partial charge in [0.1, 0.15) is 11.9 Å². The number of benzene rings is 2. The van der Waals surface area contributed by atoms with E-state index >= 15 is 0 Å². The van der Waals surface area contributed by atoms with Crippen LogP contribution in [0.3, 0.4) is 0 Å². The smallest absolute Gasteiger partial charge is 0.384 e. The van der Waals surface area contributed by atoms with E-state index in [1.807, 2.05) is 6.92 Å². The Morgan fingerprint density at radius 2 is 1.62 bits per heavy atom. The van der Waals surface area contributed by atoms with Gasteiger partial charge in [-0.05, 0) is 41.8 Å². The Balaban J connectivity index is 2.38. The van der Waals surface area contributed by atoms with E-state index in [1.54, 1.807) is 18.2 Å². The summed E-state index contributed by atoms with van der Waals surface area (Å²) in [5.74, 6) is -1.40. The number of hydrogen-bond acceptors (Lipinski definition) is 1. The number of halogens is 5. The number of aliphatic hydroxyl groups excluding tert-OH is 1. The van der Waals surface area contributed by atoms with Crippen LogP contribution < -0.4 is 0 Å². The van der Waals surface area contributed by atoms with Crippen LogP contribution in [-0.2, 0) is 6.18 Å². The van der Waals surface area contributed by atoms with E-state index in [2.05, 4.69) is 15.9 Å². The lowest BCUT2D eigenvalue weighted by Crippen LogP contribution is -2.09. The highest BCUT2D eigenvalue weighted by Crippen LogP contribution is 2.33. The Morgan fingerprint density at radius 1 is 1.05 bits per heavy atom. The summed E-state index contributed by atoms with van der Waals surface area (Å²) < 4.78 is 51.9. The molecule has 1 atom stereocenters. The van der Waals surface area contributed by atoms with Gasteiger partial charge in [0.25, 0.3) is 0 Å². The molecule has 2 aromatic carbocycles. The molecule has 0 radical (unpaired) electrons. The molecular formula is C15H11BrF4O. The Labute approximate surface area is 127 Å². The van der Waals surface area contributed by atoms with Gasteiger partial charge < -0.3 is 5.11 Å². The number of rotatable bonds is 2. The SMILES string of the molecule is Cc1cc(C(O)c2ccc(C(F)(F)F)c(F)c2)ccc1Br. The summed E-state index contributed by atoms with van der Waals surface area (Å²) in [5, 5.41) is 10.2. The molecule has 0 aliphatic heterocycles. The highest BCUT2D eigenvalue weighted by Gasteiger charge is 2.34. The zero-order valence-electron chi connectivity index (χ0n) is 10.9. The van der Waals surface area contributed by atoms with Crippen molar-refractivity contribution < 1.29 is 22.7 Å². The topological polar surface area (TPSA) is 20.2 Å². The van der Waals surface area contributed by atoms with Gasteiger partial charge in [-0.15, -0.1) is 0 Å². The molecule has 0 aliphatic carbocycles. The summed E-state index contributed by atoms with van der Waals surface area (Å²) in [6.07, 6.45) is -5.93. The maximum Gasteiger partial charge on any atom is 0.419 e. The van der Waals surface area contributed by atoms with Gasteiger partial charge in [0.05, 0.1) is 5.56 Å². The van der Waals surface area contributed by atoms with E-state index in [4.69, 9.17) is 0 Å². The minimum absolute atomic E-state index is 0.0715. The minimum atomic E-state index is -4.75. The van der Waals surface area contributed by atoms with Gasteiger partial charge in [-0.3, -0.25) is 0 Å². The maximum atomic E-state index is 13.5. The molecule has 0 spiro atoms. The molecule has 0 amide bonds. The molecule has 2 rings (SSSR count). The van der Waals surface area contributed by atoms with Crippen molar-refractivity contribution in [2.24, 2.45) is 0 Å². The maximum absolute atomic E-state index is 13.5. The largest absolute Gasteiger partial charge is 0.419 e. The molecule has 1 unspecified atom stereocenters. The zero-order chi connectivity index (χ0) is 15.8. The standard InChI is InChI=1S/C15H11BrF4O/c1-8-6-9(3-5-12(8)16)14(21)10-2-4-11(13(17)7-10)15(18,19)20/h2-7,14,21H,1H3. The number of aryl methyl sites for hydroxylation is 1. The summed E-state index contributed by atoms with van der Waals surface area (Å²) in [4.78, 5) is 0. The van der Waals surface area contributed by atoms with Gasteiger partial charge in [0.15, 0.2) is 0 Å². The summed E-state index contributed by atoms with van der Waals surface area (Å²) >= 11 is 3.31. The van der Waals surface area contributed by atoms with E-state index in [1.165, 1.54) is 0 Å². The fraction of sp³-hybridized carbons (Fsp3) is 0.200. The monoisotopic (exact) mass is 362 g/mol. The summed E-state index contributed by atoms with van der Waals surface area (Å²) in [6.45, 7) is 1.81. The Bertz CT molecular complexity index is 667. The van der Waals surface area contributed by atoms with Crippen molar-refractivity contribution in [3.63, 3.8) is 0 Å². The van der Waals surface area contributed by atoms with Crippen LogP contribution in [0.15, 0.2) is 40.9 Å². The first-order chi connectivity index (χ1) is 9.70. The first-order valence-electron chi connectivity index (χ1n) is 6.01. The normalized spacial score (nSPS) is 13.3. The second-order valence-electron chi connectivity index (χ2n) is 4.65. The van der Waals surface area contributed by atoms with E-state index in [0.29, 0.717) is 17.7 Å². The third kappa shape index (κ3) is 3.44. The van der Waals surface area contributed by atoms with E-state index in [0.717, 1.165) is 16.1 Å². The van der Waals surface area contributed by atoms with E-state index < -0.39 is 23.7 Å². The second kappa shape index (κ2) is 5.77. The lowest BCUT2D eigenvalue weighted by Gasteiger charge is -2.15. The molecule has 0 bridgehead atoms. The molecule has 21 heavy (non-hydrogen) atoms. The van der Waals surface area contributed by atoms with Crippen LogP contribution in [0.4, 0.5) is 17.6 Å². The molecule has 1 N–H and O–H groups in total. The highest BCUT2D eigenvalue weighted by molar-refractivity contribution is 9.10. The van der Waals surface area contributed by atoms with Crippen LogP contribution in [0.25, 0.3) is 0 Å². The molecule has 0 saturated heterocycles. The minimum Gasteiger partial charge on any atom is -0.384 e. The summed E-state index contributed by atoms with van der Waals surface area (Å²) in [7, 11) is 0. The Kier molecular flexibility index (Phi) is 4.39. The third-order valence-electron chi connectivity index (χ3n) is 3.11. The van der Waals surface area contributed by atoms with Gasteiger partial charge in [-0.1, -0.05) is 34.1 Å². The first-order valence-corrected chi connectivity index (χ1v) is 6.80. The fourth-order valence-corrected chi connectivity index (χ4v) is 2.21. The Morgan fingerprint density at radius 3 is 2.14 bits per heavy atom. The fourth-order valence-electron chi connectivity index (χ4n) is 1.96. The molecule has 0 fully saturated rings. The van der Waals surface area contributed by atoms with Crippen molar-refractivity contribution in [3.05, 3.63) is 68.9 Å². The lowest BCUT2D eigenvalue weighted by molar-refractivity contribution is -0.140. The highest BCUT2D eigenvalue weighted by atomic mass is 79.9. The molecule has 1 nitrogen and oxygen atoms in total. The Hall–Kier alpha value is -1.40. The molecule has 112 valence electrons. The van der Waals surface area contributed by atoms with Crippen molar-refractivity contribution >= 4 is 15.9 Å². The van der Waals surface area contributed by atoms with Gasteiger partial charge in [0, 0.05) is 4.47 Å². The first kappa shape index (κ1) is 16.0. The van der Waals surface area contributed by atoms with Gasteiger partial charge in [-0.25, -0.2) is 4.39 Å². The van der Waals surface area contributed by atoms with Crippen molar-refractivity contribution in [2.75, 3.05) is 0 Å². The average molecular weight is 363 g/mol. The van der Waals surface area contributed by atoms with Crippen LogP contribution >= 0.6 is 15.9 Å². The number of alkyl halides is 3. The lowest BCUT2D eigenvalue weighted by atomic mass is 9.98. The molecule has 0 aliphatic rings. The number of hydrogen-bond donors (Lipinski definition) is 1. The second-order valence-corrected chi connectivity index (χ2v) is 5.50. The molecule has 6 heteroatoms. The summed E-state index contributed by atoms with van der Waals surface area (Å²) in [5.41, 5.74) is 0.0708. The van der Waals surface area contributed by atoms with Crippen LogP contribution in [0.1, 0.15) is 28.4 Å². The quantitative estimate of drug-likeness (QED) is 0.745. The van der Waals surface area contributed by atoms with Crippen molar-refractivity contribution in [2.45, 2.75) is 19.2 Å². The van der Waals surface area contributed by atoms with Crippen molar-refractivity contribution in [1.82, 2.24) is 0 Å². The average Bonchev–Trinajstić information content (AvgIpc) is 2.39.